The summed E-state index contributed by atoms with van der Waals surface area (Å²) in [5.41, 5.74) is 0.211. The number of phenols is 2. The van der Waals surface area contributed by atoms with Crippen LogP contribution in [-0.4, -0.2) is 198 Å². The number of hydrogen-bond acceptors (Lipinski definition) is 22. The lowest BCUT2D eigenvalue weighted by atomic mass is 9.98. The van der Waals surface area contributed by atoms with E-state index in [9.17, 15) is 65.8 Å². The van der Waals surface area contributed by atoms with Gasteiger partial charge in [-0.1, -0.05) is 0 Å². The molecule has 1 unspecified atom stereocenters. The van der Waals surface area contributed by atoms with Gasteiger partial charge in [-0.3, -0.25) is 9.59 Å². The SMILES string of the molecule is COc1cc(C2[OH+]c3cc(O)cc(O[C@@H]4O[C@H](COC(=O)CC(=O)O)[C@@H](O)[C@H](O)[C@H]4O)c3C=C2O[C@@H]2O[C@@H](CO[C@@H]3O[C@H](C)[C@H](O)[C@@H](O)[C@H]3O)[C@@H](O)[C@H](O)[C@H]2O)cc(OC)c1O. The van der Waals surface area contributed by atoms with Gasteiger partial charge in [0.05, 0.1) is 38.6 Å². The zero-order valence-electron chi connectivity index (χ0n) is 33.1. The van der Waals surface area contributed by atoms with Crippen molar-refractivity contribution >= 4 is 18.0 Å². The van der Waals surface area contributed by atoms with Crippen LogP contribution in [0.2, 0.25) is 0 Å². The Morgan fingerprint density at radius 2 is 1.21 bits per heavy atom. The summed E-state index contributed by atoms with van der Waals surface area (Å²) in [6, 6.07) is 5.00. The van der Waals surface area contributed by atoms with E-state index >= 15 is 0 Å². The van der Waals surface area contributed by atoms with Crippen LogP contribution < -0.4 is 14.2 Å². The van der Waals surface area contributed by atoms with Crippen LogP contribution in [-0.2, 0) is 38.0 Å². The van der Waals surface area contributed by atoms with Crippen LogP contribution in [0.5, 0.6) is 34.5 Å². The van der Waals surface area contributed by atoms with Crippen molar-refractivity contribution in [1.82, 2.24) is 0 Å². The van der Waals surface area contributed by atoms with E-state index < -0.39 is 136 Å². The average Bonchev–Trinajstić information content (AvgIpc) is 3.23. The summed E-state index contributed by atoms with van der Waals surface area (Å²) in [5, 5.41) is 126. The summed E-state index contributed by atoms with van der Waals surface area (Å²) in [7, 11) is 2.54. The monoisotopic (exact) mass is 889 g/mol. The minimum Gasteiger partial charge on any atom is -0.571 e. The Morgan fingerprint density at radius 1 is 0.661 bits per heavy atom. The largest absolute Gasteiger partial charge is 0.571 e. The number of aliphatic carboxylic acids is 1. The fourth-order valence-corrected chi connectivity index (χ4v) is 7.03. The first kappa shape index (κ1) is 46.7. The smallest absolute Gasteiger partial charge is 0.317 e. The minimum atomic E-state index is -1.96. The molecule has 4 heterocycles. The molecule has 0 radical (unpaired) electrons. The molecule has 344 valence electrons. The van der Waals surface area contributed by atoms with Gasteiger partial charge in [0.25, 0.3) is 11.9 Å². The van der Waals surface area contributed by atoms with Crippen molar-refractivity contribution in [2.75, 3.05) is 27.4 Å². The Hall–Kier alpha value is -4.80. The topological polar surface area (TPSA) is 373 Å². The number of carboxylic acids is 1. The molecule has 6 rings (SSSR count). The number of ether oxygens (including phenoxy) is 10. The molecule has 0 saturated carbocycles. The van der Waals surface area contributed by atoms with Crippen LogP contribution >= 0.6 is 0 Å². The van der Waals surface area contributed by atoms with Gasteiger partial charge < -0.3 is 109 Å². The van der Waals surface area contributed by atoms with Crippen LogP contribution in [0.3, 0.4) is 0 Å². The number of fused-ring (bicyclic) bond motifs is 1. The summed E-state index contributed by atoms with van der Waals surface area (Å²) >= 11 is 0. The number of hydrogen-bond donors (Lipinski definition) is 12. The predicted octanol–water partition coefficient (Wildman–Crippen LogP) is -3.68. The van der Waals surface area contributed by atoms with E-state index in [0.717, 1.165) is 6.07 Å². The molecule has 0 aliphatic carbocycles. The van der Waals surface area contributed by atoms with E-state index in [1.165, 1.54) is 45.4 Å². The minimum absolute atomic E-state index is 0.00308. The molecule has 0 spiro atoms. The molecule has 4 aliphatic heterocycles. The number of carboxylic acid groups (broad SMARTS) is 1. The van der Waals surface area contributed by atoms with Gasteiger partial charge in [-0.25, -0.2) is 0 Å². The third-order valence-corrected chi connectivity index (χ3v) is 10.5. The lowest BCUT2D eigenvalue weighted by molar-refractivity contribution is -0.325. The maximum absolute atomic E-state index is 11.9. The van der Waals surface area contributed by atoms with Crippen LogP contribution in [0.15, 0.2) is 30.0 Å². The predicted molar refractivity (Wildman–Crippen MR) is 198 cm³/mol. The zero-order valence-corrected chi connectivity index (χ0v) is 33.1. The summed E-state index contributed by atoms with van der Waals surface area (Å²) in [5.74, 6) is -4.15. The number of carbonyl (C=O) groups is 2. The quantitative estimate of drug-likeness (QED) is 0.0494. The van der Waals surface area contributed by atoms with Crippen molar-refractivity contribution in [3.8, 4) is 34.5 Å². The van der Waals surface area contributed by atoms with Gasteiger partial charge in [0, 0.05) is 12.1 Å². The zero-order chi connectivity index (χ0) is 45.3. The second kappa shape index (κ2) is 19.3. The Morgan fingerprint density at radius 3 is 1.79 bits per heavy atom. The molecule has 0 aromatic heterocycles. The summed E-state index contributed by atoms with van der Waals surface area (Å²) < 4.78 is 54.8. The molecular formula is C38H49O24+. The highest BCUT2D eigenvalue weighted by atomic mass is 16.7. The van der Waals surface area contributed by atoms with Crippen molar-refractivity contribution in [3.63, 3.8) is 0 Å². The molecule has 2 aromatic carbocycles. The van der Waals surface area contributed by atoms with Gasteiger partial charge >= 0.3 is 11.9 Å². The maximum Gasteiger partial charge on any atom is 0.317 e. The number of rotatable bonds is 14. The maximum atomic E-state index is 11.9. The number of carbonyl (C=O) groups excluding carboxylic acids is 1. The second-order valence-corrected chi connectivity index (χ2v) is 14.8. The van der Waals surface area contributed by atoms with E-state index in [0.29, 0.717) is 0 Å². The number of aliphatic hydroxyl groups is 10. The van der Waals surface area contributed by atoms with Gasteiger partial charge in [-0.2, -0.15) is 0 Å². The van der Waals surface area contributed by atoms with Gasteiger partial charge in [0.1, 0.15) is 97.2 Å². The van der Waals surface area contributed by atoms with Crippen molar-refractivity contribution in [3.05, 3.63) is 41.2 Å². The van der Waals surface area contributed by atoms with Gasteiger partial charge in [0.15, 0.2) is 23.5 Å². The molecule has 24 heteroatoms. The Balaban J connectivity index is 1.33. The molecule has 0 amide bonds. The number of aromatic hydroxyl groups is 3. The van der Waals surface area contributed by atoms with Crippen LogP contribution in [0.25, 0.3) is 6.08 Å². The normalized spacial score (nSPS) is 35.7. The first-order valence-electron chi connectivity index (χ1n) is 19.0. The Bertz CT molecular complexity index is 1920. The van der Waals surface area contributed by atoms with Crippen molar-refractivity contribution in [2.24, 2.45) is 0 Å². The number of aliphatic hydroxyl groups excluding tert-OH is 9. The van der Waals surface area contributed by atoms with E-state index in [-0.39, 0.29) is 45.6 Å². The molecule has 4 aliphatic rings. The molecule has 62 heavy (non-hydrogen) atoms. The number of methoxy groups -OCH3 is 2. The summed E-state index contributed by atoms with van der Waals surface area (Å²) in [6.07, 6.45) is -26.5. The summed E-state index contributed by atoms with van der Waals surface area (Å²) in [4.78, 5) is 22.8. The van der Waals surface area contributed by atoms with E-state index in [2.05, 4.69) is 0 Å². The third-order valence-electron chi connectivity index (χ3n) is 10.5. The fraction of sp³-hybridized carbons (Fsp3) is 0.579. The van der Waals surface area contributed by atoms with Crippen molar-refractivity contribution < 1.29 is 118 Å². The first-order valence-corrected chi connectivity index (χ1v) is 19.0. The van der Waals surface area contributed by atoms with Crippen LogP contribution in [0, 0.1) is 0 Å². The summed E-state index contributed by atoms with van der Waals surface area (Å²) in [6.45, 7) is 0.0326. The average molecular weight is 890 g/mol. The number of benzene rings is 2. The third kappa shape index (κ3) is 9.71. The highest BCUT2D eigenvalue weighted by molar-refractivity contribution is 5.90. The van der Waals surface area contributed by atoms with Crippen molar-refractivity contribution in [1.29, 1.82) is 0 Å². The molecule has 16 atom stereocenters. The lowest BCUT2D eigenvalue weighted by Crippen LogP contribution is -2.61. The molecule has 3 saturated heterocycles. The molecule has 0 bridgehead atoms. The first-order chi connectivity index (χ1) is 29.3. The van der Waals surface area contributed by atoms with Crippen LogP contribution in [0.4, 0.5) is 0 Å². The van der Waals surface area contributed by atoms with Crippen molar-refractivity contribution in [2.45, 2.75) is 112 Å². The molecular weight excluding hydrogens is 840 g/mol. The fourth-order valence-electron chi connectivity index (χ4n) is 7.03. The lowest BCUT2D eigenvalue weighted by Gasteiger charge is -2.42. The molecule has 3 fully saturated rings. The molecule has 2 aromatic rings. The highest BCUT2D eigenvalue weighted by Crippen LogP contribution is 2.49. The second-order valence-electron chi connectivity index (χ2n) is 14.8. The molecule has 24 nitrogen and oxygen atoms in total. The van der Waals surface area contributed by atoms with Gasteiger partial charge in [-0.15, -0.1) is 0 Å². The van der Waals surface area contributed by atoms with Crippen LogP contribution in [0.1, 0.15) is 30.6 Å². The van der Waals surface area contributed by atoms with E-state index in [1.807, 2.05) is 0 Å². The molecule has 13 N–H and O–H groups in total. The Kier molecular flexibility index (Phi) is 14.5. The standard InChI is InChI=1S/C38H48O24/c1-12-25(43)29(47)32(50)36(57-12)56-11-22-28(46)31(49)34(52)38(62-22)60-20-8-15-16(58-35(20)13-4-18(53-2)26(44)19(5-13)54-3)6-14(39)7-17(15)59-37-33(51)30(48)27(45)21(61-37)10-55-24(42)9-23(40)41/h4-8,12,21-22,25,27-39,43-52H,9-11H2,1-3H3,(H,40,41)/p+1/t12-,21-,22+,25+,27-,28-,29-,30+,31+,32-,33-,34-,35?,36-,37-,38-/m1/s1. The van der Waals surface area contributed by atoms with Gasteiger partial charge in [0.2, 0.25) is 18.3 Å². The number of phenolic OH excluding ortho intramolecular Hbond substituents is 2. The number of esters is 1. The highest BCUT2D eigenvalue weighted by Gasteiger charge is 2.50. The van der Waals surface area contributed by atoms with Gasteiger partial charge in [-0.05, 0) is 19.1 Å². The Labute approximate surface area is 350 Å². The van der Waals surface area contributed by atoms with E-state index in [4.69, 9.17) is 52.5 Å². The van der Waals surface area contributed by atoms with E-state index in [1.54, 1.807) is 0 Å².